The Hall–Kier alpha value is -2.11. The van der Waals surface area contributed by atoms with Crippen LogP contribution in [0.15, 0.2) is 41.4 Å². The molecule has 128 valence electrons. The van der Waals surface area contributed by atoms with Crippen molar-refractivity contribution in [1.82, 2.24) is 4.90 Å². The van der Waals surface area contributed by atoms with Gasteiger partial charge in [0.1, 0.15) is 5.82 Å². The Labute approximate surface area is 146 Å². The summed E-state index contributed by atoms with van der Waals surface area (Å²) in [6, 6.07) is 9.45. The summed E-state index contributed by atoms with van der Waals surface area (Å²) in [6.07, 6.45) is 1.54. The van der Waals surface area contributed by atoms with E-state index in [-0.39, 0.29) is 17.6 Å². The number of likely N-dealkylation sites (N-methyl/N-ethyl adjacent to an activating group) is 1. The summed E-state index contributed by atoms with van der Waals surface area (Å²) in [6.45, 7) is 0.296. The SMILES string of the molecule is COc1cccc(C=NC[C@H](c2c(F)cccc2Cl)N(C)C)c1O. The maximum atomic E-state index is 14.2. The minimum Gasteiger partial charge on any atom is -0.504 e. The molecule has 0 aliphatic heterocycles. The topological polar surface area (TPSA) is 45.1 Å². The fraction of sp³-hybridized carbons (Fsp3) is 0.278. The molecule has 2 aromatic carbocycles. The van der Waals surface area contributed by atoms with E-state index in [2.05, 4.69) is 4.99 Å². The van der Waals surface area contributed by atoms with Gasteiger partial charge in [0.25, 0.3) is 0 Å². The summed E-state index contributed by atoms with van der Waals surface area (Å²) in [5.74, 6) is 0.0370. The number of ether oxygens (including phenoxy) is 1. The first kappa shape index (κ1) is 18.2. The molecule has 2 aromatic rings. The van der Waals surface area contributed by atoms with E-state index in [9.17, 15) is 9.50 Å². The van der Waals surface area contributed by atoms with Crippen molar-refractivity contribution in [2.75, 3.05) is 27.7 Å². The Morgan fingerprint density at radius 3 is 2.62 bits per heavy atom. The van der Waals surface area contributed by atoms with Crippen LogP contribution in [0.25, 0.3) is 0 Å². The highest BCUT2D eigenvalue weighted by Gasteiger charge is 2.20. The molecule has 0 fully saturated rings. The molecule has 6 heteroatoms. The Bertz CT molecular complexity index is 715. The zero-order valence-electron chi connectivity index (χ0n) is 13.8. The van der Waals surface area contributed by atoms with Gasteiger partial charge in [-0.05, 0) is 38.4 Å². The number of aromatic hydroxyl groups is 1. The van der Waals surface area contributed by atoms with Crippen LogP contribution < -0.4 is 4.74 Å². The highest BCUT2D eigenvalue weighted by molar-refractivity contribution is 6.31. The second kappa shape index (κ2) is 8.13. The van der Waals surface area contributed by atoms with Gasteiger partial charge in [-0.3, -0.25) is 4.99 Å². The van der Waals surface area contributed by atoms with Gasteiger partial charge in [-0.1, -0.05) is 23.7 Å². The molecule has 0 radical (unpaired) electrons. The van der Waals surface area contributed by atoms with E-state index < -0.39 is 0 Å². The monoisotopic (exact) mass is 350 g/mol. The van der Waals surface area contributed by atoms with Gasteiger partial charge < -0.3 is 14.7 Å². The van der Waals surface area contributed by atoms with E-state index in [0.29, 0.717) is 28.4 Å². The van der Waals surface area contributed by atoms with E-state index in [1.807, 2.05) is 19.0 Å². The van der Waals surface area contributed by atoms with Crippen molar-refractivity contribution in [3.05, 3.63) is 58.4 Å². The molecule has 4 nitrogen and oxygen atoms in total. The molecule has 0 bridgehead atoms. The number of phenols is 1. The lowest BCUT2D eigenvalue weighted by Crippen LogP contribution is -2.24. The smallest absolute Gasteiger partial charge is 0.166 e. The predicted molar refractivity (Wildman–Crippen MR) is 95.0 cm³/mol. The quantitative estimate of drug-likeness (QED) is 0.803. The van der Waals surface area contributed by atoms with Crippen LogP contribution in [0.5, 0.6) is 11.5 Å². The summed E-state index contributed by atoms with van der Waals surface area (Å²) in [4.78, 5) is 6.20. The van der Waals surface area contributed by atoms with E-state index in [1.165, 1.54) is 13.2 Å². The molecule has 1 N–H and O–H groups in total. The lowest BCUT2D eigenvalue weighted by Gasteiger charge is -2.24. The minimum absolute atomic E-state index is 0.0223. The number of hydrogen-bond donors (Lipinski definition) is 1. The van der Waals surface area contributed by atoms with Crippen molar-refractivity contribution in [2.45, 2.75) is 6.04 Å². The van der Waals surface area contributed by atoms with Crippen LogP contribution in [0.1, 0.15) is 17.2 Å². The molecule has 0 saturated carbocycles. The average Bonchev–Trinajstić information content (AvgIpc) is 2.54. The Morgan fingerprint density at radius 1 is 1.29 bits per heavy atom. The number of rotatable bonds is 6. The number of phenolic OH excluding ortho intramolecular Hbond substituents is 1. The molecule has 0 spiro atoms. The molecular weight excluding hydrogens is 331 g/mol. The first-order valence-corrected chi connectivity index (χ1v) is 7.79. The highest BCUT2D eigenvalue weighted by Crippen LogP contribution is 2.30. The molecular formula is C18H20ClFN2O2. The number of benzene rings is 2. The molecule has 1 atom stereocenters. The van der Waals surface area contributed by atoms with Gasteiger partial charge in [0, 0.05) is 22.4 Å². The lowest BCUT2D eigenvalue weighted by atomic mass is 10.1. The number of hydrogen-bond acceptors (Lipinski definition) is 4. The molecule has 0 saturated heterocycles. The third-order valence-electron chi connectivity index (χ3n) is 3.72. The van der Waals surface area contributed by atoms with Crippen molar-refractivity contribution >= 4 is 17.8 Å². The van der Waals surface area contributed by atoms with Crippen LogP contribution in [0.4, 0.5) is 4.39 Å². The first-order valence-electron chi connectivity index (χ1n) is 7.41. The number of methoxy groups -OCH3 is 1. The standard InChI is InChI=1S/C18H20ClFN2O2/c1-22(2)15(17-13(19)7-5-8-14(17)20)11-21-10-12-6-4-9-16(24-3)18(12)23/h4-10,15,23H,11H2,1-3H3/t15-/m1/s1. The molecule has 0 aliphatic rings. The zero-order valence-corrected chi connectivity index (χ0v) is 14.6. The van der Waals surface area contributed by atoms with E-state index in [4.69, 9.17) is 16.3 Å². The van der Waals surface area contributed by atoms with E-state index in [1.54, 1.807) is 36.5 Å². The third-order valence-corrected chi connectivity index (χ3v) is 4.04. The van der Waals surface area contributed by atoms with Crippen LogP contribution >= 0.6 is 11.6 Å². The Kier molecular flexibility index (Phi) is 6.17. The third kappa shape index (κ3) is 4.04. The highest BCUT2D eigenvalue weighted by atomic mass is 35.5. The van der Waals surface area contributed by atoms with E-state index in [0.717, 1.165) is 0 Å². The van der Waals surface area contributed by atoms with Gasteiger partial charge in [-0.15, -0.1) is 0 Å². The van der Waals surface area contributed by atoms with Gasteiger partial charge in [-0.25, -0.2) is 4.39 Å². The van der Waals surface area contributed by atoms with Crippen molar-refractivity contribution in [2.24, 2.45) is 4.99 Å². The fourth-order valence-electron chi connectivity index (χ4n) is 2.40. The van der Waals surface area contributed by atoms with Gasteiger partial charge in [0.15, 0.2) is 11.5 Å². The van der Waals surface area contributed by atoms with Crippen molar-refractivity contribution < 1.29 is 14.2 Å². The summed E-state index contributed by atoms with van der Waals surface area (Å²) in [5, 5.41) is 10.4. The number of nitrogens with zero attached hydrogens (tertiary/aromatic N) is 2. The molecule has 2 rings (SSSR count). The van der Waals surface area contributed by atoms with Crippen molar-refractivity contribution in [3.63, 3.8) is 0 Å². The minimum atomic E-state index is -0.361. The van der Waals surface area contributed by atoms with Gasteiger partial charge in [0.2, 0.25) is 0 Å². The number of halogens is 2. The Morgan fingerprint density at radius 2 is 2.00 bits per heavy atom. The molecule has 0 aliphatic carbocycles. The molecule has 0 unspecified atom stereocenters. The van der Waals surface area contributed by atoms with E-state index >= 15 is 0 Å². The van der Waals surface area contributed by atoms with Crippen LogP contribution in [-0.2, 0) is 0 Å². The van der Waals surface area contributed by atoms with Gasteiger partial charge >= 0.3 is 0 Å². The Balaban J connectivity index is 2.24. The van der Waals surface area contributed by atoms with Crippen molar-refractivity contribution in [3.8, 4) is 11.5 Å². The largest absolute Gasteiger partial charge is 0.504 e. The molecule has 0 aromatic heterocycles. The number of aliphatic imine (C=N–C) groups is 1. The zero-order chi connectivity index (χ0) is 17.7. The average molecular weight is 351 g/mol. The van der Waals surface area contributed by atoms with Gasteiger partial charge in [0.05, 0.1) is 19.7 Å². The molecule has 0 heterocycles. The lowest BCUT2D eigenvalue weighted by molar-refractivity contribution is 0.299. The van der Waals surface area contributed by atoms with Gasteiger partial charge in [-0.2, -0.15) is 0 Å². The summed E-state index contributed by atoms with van der Waals surface area (Å²) >= 11 is 6.15. The van der Waals surface area contributed by atoms with Crippen LogP contribution in [-0.4, -0.2) is 44.0 Å². The predicted octanol–water partition coefficient (Wildman–Crippen LogP) is 3.92. The summed E-state index contributed by atoms with van der Waals surface area (Å²) in [7, 11) is 5.16. The second-order valence-corrected chi connectivity index (χ2v) is 5.91. The van der Waals surface area contributed by atoms with Crippen LogP contribution in [0.3, 0.4) is 0 Å². The maximum Gasteiger partial charge on any atom is 0.166 e. The molecule has 0 amide bonds. The second-order valence-electron chi connectivity index (χ2n) is 5.51. The normalized spacial score (nSPS) is 12.8. The van der Waals surface area contributed by atoms with Crippen LogP contribution in [0, 0.1) is 5.82 Å². The first-order chi connectivity index (χ1) is 11.5. The fourth-order valence-corrected chi connectivity index (χ4v) is 2.69. The molecule has 24 heavy (non-hydrogen) atoms. The van der Waals surface area contributed by atoms with Crippen LogP contribution in [0.2, 0.25) is 5.02 Å². The maximum absolute atomic E-state index is 14.2. The van der Waals surface area contributed by atoms with Crippen molar-refractivity contribution in [1.29, 1.82) is 0 Å². The summed E-state index contributed by atoms with van der Waals surface area (Å²) in [5.41, 5.74) is 0.947. The summed E-state index contributed by atoms with van der Waals surface area (Å²) < 4.78 is 19.2. The number of para-hydroxylation sites is 1.